The van der Waals surface area contributed by atoms with Gasteiger partial charge < -0.3 is 66.2 Å². The largest absolute Gasteiger partial charge is 0.462 e. The molecule has 4 unspecified atom stereocenters. The lowest BCUT2D eigenvalue weighted by Crippen LogP contribution is -2.66. The van der Waals surface area contributed by atoms with Crippen LogP contribution in [-0.2, 0) is 57.3 Å². The zero-order chi connectivity index (χ0) is 42.4. The summed E-state index contributed by atoms with van der Waals surface area (Å²) in [4.78, 5) is 97.7. The van der Waals surface area contributed by atoms with E-state index in [1.165, 1.54) is 32.5 Å². The second kappa shape index (κ2) is 26.7. The van der Waals surface area contributed by atoms with Gasteiger partial charge in [0.2, 0.25) is 35.4 Å². The maximum atomic E-state index is 13.1. The highest BCUT2D eigenvalue weighted by atomic mass is 32.2. The van der Waals surface area contributed by atoms with Crippen LogP contribution in [0.25, 0.3) is 0 Å². The molecule has 1 heterocycles. The zero-order valence-corrected chi connectivity index (χ0v) is 33.4. The van der Waals surface area contributed by atoms with Gasteiger partial charge in [0.1, 0.15) is 49.1 Å². The predicted molar refractivity (Wildman–Crippen MR) is 198 cm³/mol. The molecule has 0 radical (unpaired) electrons. The quantitative estimate of drug-likeness (QED) is 0.0319. The number of aliphatic hydroxyl groups excluding tert-OH is 3. The number of thioether (sulfide) groups is 1. The van der Waals surface area contributed by atoms with E-state index in [2.05, 4.69) is 31.9 Å². The topological polar surface area (TPSA) is 306 Å². The molecule has 9 atom stereocenters. The van der Waals surface area contributed by atoms with Crippen LogP contribution in [0.3, 0.4) is 0 Å². The second-order valence-corrected chi connectivity index (χ2v) is 13.8. The molecular weight excluding hydrogens is 764 g/mol. The van der Waals surface area contributed by atoms with Gasteiger partial charge >= 0.3 is 11.9 Å². The van der Waals surface area contributed by atoms with E-state index >= 15 is 0 Å². The summed E-state index contributed by atoms with van der Waals surface area (Å²) in [5, 5.41) is 45.5. The molecule has 1 rings (SSSR count). The molecule has 22 heteroatoms. The minimum atomic E-state index is -1.59. The van der Waals surface area contributed by atoms with Gasteiger partial charge in [-0.15, -0.1) is 0 Å². The van der Waals surface area contributed by atoms with Crippen LogP contribution in [0.5, 0.6) is 0 Å². The Morgan fingerprint density at radius 2 is 1.45 bits per heavy atom. The van der Waals surface area contributed by atoms with Crippen LogP contribution in [-0.4, -0.2) is 162 Å². The number of carbonyl (C=O) groups excluding carboxylic acids is 8. The molecule has 1 saturated heterocycles. The Morgan fingerprint density at radius 1 is 0.786 bits per heavy atom. The summed E-state index contributed by atoms with van der Waals surface area (Å²) in [6.45, 7) is 7.45. The second-order valence-electron chi connectivity index (χ2n) is 12.7. The van der Waals surface area contributed by atoms with Gasteiger partial charge in [-0.1, -0.05) is 20.8 Å². The average molecular weight is 823 g/mol. The minimum Gasteiger partial charge on any atom is -0.462 e. The maximum absolute atomic E-state index is 13.1. The fourth-order valence-electron chi connectivity index (χ4n) is 4.95. The highest BCUT2D eigenvalue weighted by molar-refractivity contribution is 7.99. The van der Waals surface area contributed by atoms with Crippen molar-refractivity contribution in [2.24, 2.45) is 0 Å². The standard InChI is InChI=1S/C34H58N6O15S/c1-7-24(44)40-22(17-56-16-21(54-27(47)9-3)15-52-26(46)8-2)32(50)37-13-25(45)35-11-10-12-36-33(51)28(38-19(5)42)18(4)53-34-29(39-20(6)43)31(49)30(48)23(14-41)55-34/h18,21-23,28-31,34,41,48-49H,7-17H2,1-6H3,(H,35,45)(H,36,51)(H,37,50)(H,38,42)(H,39,43)(H,40,44)/t18-,21?,22+,23?,28+,29?,30-,31?,34-/m1/s1. The van der Waals surface area contributed by atoms with Crippen LogP contribution < -0.4 is 31.9 Å². The summed E-state index contributed by atoms with van der Waals surface area (Å²) in [6, 6.07) is -3.60. The summed E-state index contributed by atoms with van der Waals surface area (Å²) in [7, 11) is 0. The number of amides is 6. The molecule has 0 aromatic carbocycles. The number of esters is 2. The Morgan fingerprint density at radius 3 is 2.04 bits per heavy atom. The van der Waals surface area contributed by atoms with E-state index in [0.29, 0.717) is 0 Å². The Labute approximate surface area is 329 Å². The molecular formula is C34H58N6O15S. The van der Waals surface area contributed by atoms with E-state index in [9.17, 15) is 53.7 Å². The molecule has 320 valence electrons. The Bertz CT molecular complexity index is 1330. The predicted octanol–water partition coefficient (Wildman–Crippen LogP) is -3.52. The average Bonchev–Trinajstić information content (AvgIpc) is 3.16. The first-order chi connectivity index (χ1) is 26.5. The summed E-state index contributed by atoms with van der Waals surface area (Å²) < 4.78 is 21.8. The first kappa shape index (κ1) is 49.9. The van der Waals surface area contributed by atoms with Crippen molar-refractivity contribution in [2.45, 2.75) is 122 Å². The van der Waals surface area contributed by atoms with Gasteiger partial charge in [-0.3, -0.25) is 38.4 Å². The fraction of sp³-hybridized carbons (Fsp3) is 0.765. The lowest BCUT2D eigenvalue weighted by atomic mass is 9.96. The lowest BCUT2D eigenvalue weighted by molar-refractivity contribution is -0.281. The number of aliphatic hydroxyl groups is 3. The molecule has 0 spiro atoms. The Balaban J connectivity index is 2.68. The number of rotatable bonds is 25. The summed E-state index contributed by atoms with van der Waals surface area (Å²) in [6.07, 6.45) is -7.13. The van der Waals surface area contributed by atoms with E-state index in [1.54, 1.807) is 20.8 Å². The molecule has 0 bridgehead atoms. The van der Waals surface area contributed by atoms with Gasteiger partial charge in [-0.2, -0.15) is 11.8 Å². The number of hydrogen-bond acceptors (Lipinski definition) is 16. The van der Waals surface area contributed by atoms with Gasteiger partial charge in [-0.25, -0.2) is 0 Å². The third-order valence-corrected chi connectivity index (χ3v) is 9.15. The minimum absolute atomic E-state index is 0.0365. The van der Waals surface area contributed by atoms with Crippen molar-refractivity contribution < 1.29 is 72.6 Å². The van der Waals surface area contributed by atoms with Crippen molar-refractivity contribution in [1.29, 1.82) is 0 Å². The molecule has 0 saturated carbocycles. The number of hydrogen-bond donors (Lipinski definition) is 9. The molecule has 1 aliphatic heterocycles. The van der Waals surface area contributed by atoms with Gasteiger partial charge in [-0.05, 0) is 13.3 Å². The summed E-state index contributed by atoms with van der Waals surface area (Å²) in [5.41, 5.74) is 0. The third kappa shape index (κ3) is 18.7. The van der Waals surface area contributed by atoms with Gasteiger partial charge in [0.25, 0.3) is 0 Å². The van der Waals surface area contributed by atoms with Crippen molar-refractivity contribution in [3.05, 3.63) is 0 Å². The van der Waals surface area contributed by atoms with E-state index in [1.807, 2.05) is 0 Å². The normalized spacial score (nSPS) is 21.2. The van der Waals surface area contributed by atoms with Crippen LogP contribution in [0.4, 0.5) is 0 Å². The molecule has 56 heavy (non-hydrogen) atoms. The van der Waals surface area contributed by atoms with Crippen LogP contribution >= 0.6 is 11.8 Å². The van der Waals surface area contributed by atoms with Crippen molar-refractivity contribution in [3.8, 4) is 0 Å². The number of ether oxygens (including phenoxy) is 4. The van der Waals surface area contributed by atoms with Crippen LogP contribution in [0.15, 0.2) is 0 Å². The number of nitrogens with one attached hydrogen (secondary N) is 6. The molecule has 1 fully saturated rings. The van der Waals surface area contributed by atoms with Crippen molar-refractivity contribution >= 4 is 59.1 Å². The van der Waals surface area contributed by atoms with Crippen molar-refractivity contribution in [3.63, 3.8) is 0 Å². The van der Waals surface area contributed by atoms with Gasteiger partial charge in [0.15, 0.2) is 6.29 Å². The zero-order valence-electron chi connectivity index (χ0n) is 32.6. The first-order valence-electron chi connectivity index (χ1n) is 18.3. The monoisotopic (exact) mass is 822 g/mol. The smallest absolute Gasteiger partial charge is 0.305 e. The highest BCUT2D eigenvalue weighted by Crippen LogP contribution is 2.24. The van der Waals surface area contributed by atoms with Crippen molar-refractivity contribution in [2.75, 3.05) is 44.4 Å². The van der Waals surface area contributed by atoms with E-state index in [0.717, 1.165) is 0 Å². The van der Waals surface area contributed by atoms with Crippen LogP contribution in [0.1, 0.15) is 67.2 Å². The highest BCUT2D eigenvalue weighted by Gasteiger charge is 2.46. The third-order valence-electron chi connectivity index (χ3n) is 7.98. The van der Waals surface area contributed by atoms with E-state index in [4.69, 9.17) is 18.9 Å². The first-order valence-corrected chi connectivity index (χ1v) is 19.5. The van der Waals surface area contributed by atoms with Crippen LogP contribution in [0.2, 0.25) is 0 Å². The SMILES string of the molecule is CCC(=O)N[C@@H](CSCC(COC(=O)CC)OC(=O)CC)C(=O)NCC(=O)NCCCNC(=O)[C@@H](NC(C)=O)[C@@H](C)O[C@@H]1OC(CO)[C@@H](O)C(O)C1NC(C)=O. The molecule has 1 aliphatic rings. The summed E-state index contributed by atoms with van der Waals surface area (Å²) >= 11 is 1.18. The van der Waals surface area contributed by atoms with Crippen molar-refractivity contribution in [1.82, 2.24) is 31.9 Å². The van der Waals surface area contributed by atoms with E-state index < -0.39 is 115 Å². The Hall–Kier alpha value is -4.09. The van der Waals surface area contributed by atoms with Gasteiger partial charge in [0.05, 0.1) is 19.3 Å². The van der Waals surface area contributed by atoms with E-state index in [-0.39, 0.29) is 56.9 Å². The summed E-state index contributed by atoms with van der Waals surface area (Å²) in [5.74, 6) is -4.17. The lowest BCUT2D eigenvalue weighted by Gasteiger charge is -2.43. The fourth-order valence-corrected chi connectivity index (χ4v) is 5.99. The number of carbonyl (C=O) groups is 8. The molecule has 0 aromatic heterocycles. The van der Waals surface area contributed by atoms with Gasteiger partial charge in [0, 0.05) is 57.7 Å². The molecule has 0 aliphatic carbocycles. The molecule has 21 nitrogen and oxygen atoms in total. The molecule has 0 aromatic rings. The van der Waals surface area contributed by atoms with Crippen LogP contribution in [0, 0.1) is 0 Å². The maximum Gasteiger partial charge on any atom is 0.305 e. The Kier molecular flexibility index (Phi) is 23.8. The molecule has 9 N–H and O–H groups in total. The molecule has 6 amide bonds.